The van der Waals surface area contributed by atoms with Crippen molar-refractivity contribution in [1.29, 1.82) is 0 Å². The van der Waals surface area contributed by atoms with Gasteiger partial charge in [0.15, 0.2) is 8.07 Å². The van der Waals surface area contributed by atoms with E-state index in [-0.39, 0.29) is 6.71 Å². The molecule has 4 heterocycles. The van der Waals surface area contributed by atoms with E-state index in [0.29, 0.717) is 0 Å². The summed E-state index contributed by atoms with van der Waals surface area (Å²) in [7, 11) is -2.83. The molecule has 0 atom stereocenters. The first-order valence-corrected chi connectivity index (χ1v) is 26.8. The van der Waals surface area contributed by atoms with Crippen LogP contribution in [0, 0.1) is 0 Å². The molecule has 0 bridgehead atoms. The van der Waals surface area contributed by atoms with Crippen molar-refractivity contribution in [3.8, 4) is 45.5 Å². The Morgan fingerprint density at radius 2 is 0.861 bits per heavy atom. The van der Waals surface area contributed by atoms with E-state index in [9.17, 15) is 0 Å². The zero-order chi connectivity index (χ0) is 47.3. The van der Waals surface area contributed by atoms with E-state index >= 15 is 0 Å². The number of hydrogen-bond donors (Lipinski definition) is 0. The number of hydrogen-bond acceptors (Lipinski definition) is 2. The third-order valence-electron chi connectivity index (χ3n) is 15.4. The molecular formula is C66H43BN2O2Si. The molecule has 2 aromatic heterocycles. The number of aromatic nitrogens is 2. The van der Waals surface area contributed by atoms with Crippen LogP contribution in [0.4, 0.5) is 0 Å². The fourth-order valence-corrected chi connectivity index (χ4v) is 17.1. The Hall–Kier alpha value is -9.10. The van der Waals surface area contributed by atoms with Gasteiger partial charge in [0, 0.05) is 50.0 Å². The van der Waals surface area contributed by atoms with Gasteiger partial charge in [-0.3, -0.25) is 0 Å². The van der Waals surface area contributed by atoms with Crippen molar-refractivity contribution >= 4 is 95.5 Å². The van der Waals surface area contributed by atoms with Crippen molar-refractivity contribution in [1.82, 2.24) is 9.13 Å². The van der Waals surface area contributed by atoms with Crippen molar-refractivity contribution in [2.75, 3.05) is 0 Å². The number of rotatable bonds is 7. The third-order valence-corrected chi connectivity index (χ3v) is 20.2. The number of ether oxygens (including phenoxy) is 2. The summed E-state index contributed by atoms with van der Waals surface area (Å²) in [5.41, 5.74) is 12.2. The van der Waals surface area contributed by atoms with Crippen LogP contribution in [-0.4, -0.2) is 23.9 Å². The average Bonchev–Trinajstić information content (AvgIpc) is 3.95. The Morgan fingerprint density at radius 3 is 1.51 bits per heavy atom. The Kier molecular flexibility index (Phi) is 9.04. The number of nitrogens with zero attached hydrogens (tertiary/aromatic N) is 2. The second-order valence-corrected chi connectivity index (χ2v) is 22.9. The van der Waals surface area contributed by atoms with Gasteiger partial charge in [0.2, 0.25) is 0 Å². The topological polar surface area (TPSA) is 28.3 Å². The van der Waals surface area contributed by atoms with Gasteiger partial charge >= 0.3 is 0 Å². The van der Waals surface area contributed by atoms with E-state index in [1.807, 2.05) is 0 Å². The van der Waals surface area contributed by atoms with Crippen molar-refractivity contribution in [3.63, 3.8) is 0 Å². The largest absolute Gasteiger partial charge is 0.458 e. The van der Waals surface area contributed by atoms with Crippen LogP contribution >= 0.6 is 0 Å². The van der Waals surface area contributed by atoms with Crippen LogP contribution in [-0.2, 0) is 0 Å². The lowest BCUT2D eigenvalue weighted by Gasteiger charge is -2.35. The molecule has 11 aromatic carbocycles. The van der Waals surface area contributed by atoms with Crippen molar-refractivity contribution in [2.45, 2.75) is 0 Å². The van der Waals surface area contributed by atoms with Gasteiger partial charge in [-0.2, -0.15) is 0 Å². The first-order chi connectivity index (χ1) is 35.7. The van der Waals surface area contributed by atoms with E-state index in [0.717, 1.165) is 72.9 Å². The molecule has 0 fully saturated rings. The smallest absolute Gasteiger partial charge is 0.260 e. The maximum Gasteiger partial charge on any atom is 0.260 e. The number of benzene rings is 11. The molecule has 2 aliphatic rings. The van der Waals surface area contributed by atoms with Gasteiger partial charge in [0.05, 0.1) is 22.1 Å². The maximum absolute atomic E-state index is 7.47. The summed E-state index contributed by atoms with van der Waals surface area (Å²) < 4.78 is 19.1. The standard InChI is InChI=1S/C66H43BN2O2Si/c1-5-21-45(22-6-1)68-58-33-16-13-30-52(58)54-42-55-53-31-14-17-34-59(53)69(61(55)43-60(54)68)46-36-38-57-64(41-46)71-66-51(37-39-63-65(66)67(57)56-32-15-18-35-62(56)70-63)44-20-19-29-50(40-44)72(47-23-7-2-8-24-47,48-25-9-3-10-26-48)49-27-11-4-12-28-49/h1-43H. The Bertz CT molecular complexity index is 4190. The molecule has 2 aliphatic heterocycles. The molecule has 72 heavy (non-hydrogen) atoms. The molecule has 0 saturated heterocycles. The number of fused-ring (bicyclic) bond motifs is 10. The quantitative estimate of drug-likeness (QED) is 0.118. The minimum absolute atomic E-state index is 0.105. The highest BCUT2D eigenvalue weighted by molar-refractivity contribution is 7.20. The molecule has 0 saturated carbocycles. The van der Waals surface area contributed by atoms with Crippen molar-refractivity contribution in [2.24, 2.45) is 0 Å². The fourth-order valence-electron chi connectivity index (χ4n) is 12.3. The summed E-state index contributed by atoms with van der Waals surface area (Å²) in [6.07, 6.45) is 0. The summed E-state index contributed by atoms with van der Waals surface area (Å²) in [6, 6.07) is 95.4. The monoisotopic (exact) mass is 934 g/mol. The Morgan fingerprint density at radius 1 is 0.319 bits per heavy atom. The van der Waals surface area contributed by atoms with E-state index in [2.05, 4.69) is 270 Å². The molecule has 0 unspecified atom stereocenters. The minimum atomic E-state index is -2.83. The van der Waals surface area contributed by atoms with Crippen LogP contribution in [0.1, 0.15) is 0 Å². The summed E-state index contributed by atoms with van der Waals surface area (Å²) >= 11 is 0. The predicted octanol–water partition coefficient (Wildman–Crippen LogP) is 11.7. The highest BCUT2D eigenvalue weighted by Crippen LogP contribution is 2.43. The van der Waals surface area contributed by atoms with Gasteiger partial charge < -0.3 is 18.6 Å². The summed E-state index contributed by atoms with van der Waals surface area (Å²) in [5, 5.41) is 10.2. The molecule has 0 aliphatic carbocycles. The molecular weight excluding hydrogens is 892 g/mol. The molecule has 6 heteroatoms. The van der Waals surface area contributed by atoms with E-state index < -0.39 is 8.07 Å². The van der Waals surface area contributed by atoms with Crippen molar-refractivity contribution in [3.05, 3.63) is 261 Å². The summed E-state index contributed by atoms with van der Waals surface area (Å²) in [5.74, 6) is 3.36. The van der Waals surface area contributed by atoms with E-state index in [1.165, 1.54) is 53.3 Å². The summed E-state index contributed by atoms with van der Waals surface area (Å²) in [6.45, 7) is -0.105. The van der Waals surface area contributed by atoms with Gasteiger partial charge in [0.1, 0.15) is 23.0 Å². The minimum Gasteiger partial charge on any atom is -0.458 e. The second kappa shape index (κ2) is 16.0. The van der Waals surface area contributed by atoms with Gasteiger partial charge in [-0.25, -0.2) is 0 Å². The third kappa shape index (κ3) is 5.93. The van der Waals surface area contributed by atoms with Gasteiger partial charge in [-0.15, -0.1) is 0 Å². The zero-order valence-corrected chi connectivity index (χ0v) is 40.1. The van der Waals surface area contributed by atoms with Crippen LogP contribution in [0.3, 0.4) is 0 Å². The lowest BCUT2D eigenvalue weighted by atomic mass is 9.34. The van der Waals surface area contributed by atoms with Crippen molar-refractivity contribution < 1.29 is 9.47 Å². The predicted molar refractivity (Wildman–Crippen MR) is 302 cm³/mol. The zero-order valence-electron chi connectivity index (χ0n) is 39.1. The van der Waals surface area contributed by atoms with Crippen LogP contribution in [0.2, 0.25) is 0 Å². The Balaban J connectivity index is 0.944. The Labute approximate surface area is 418 Å². The average molecular weight is 935 g/mol. The highest BCUT2D eigenvalue weighted by atomic mass is 28.3. The molecule has 0 N–H and O–H groups in total. The number of para-hydroxylation sites is 4. The highest BCUT2D eigenvalue weighted by Gasteiger charge is 2.43. The lowest BCUT2D eigenvalue weighted by molar-refractivity contribution is 0.465. The second-order valence-electron chi connectivity index (χ2n) is 19.1. The molecule has 13 aromatic rings. The van der Waals surface area contributed by atoms with Crippen LogP contribution in [0.15, 0.2) is 261 Å². The molecule has 0 amide bonds. The maximum atomic E-state index is 7.47. The summed E-state index contributed by atoms with van der Waals surface area (Å²) in [4.78, 5) is 0. The first kappa shape index (κ1) is 40.8. The molecule has 4 nitrogen and oxygen atoms in total. The van der Waals surface area contributed by atoms with Crippen LogP contribution in [0.25, 0.3) is 66.1 Å². The lowest BCUT2D eigenvalue weighted by Crippen LogP contribution is -2.74. The molecule has 15 rings (SSSR count). The fraction of sp³-hybridized carbons (Fsp3) is 0. The normalized spacial score (nSPS) is 12.6. The van der Waals surface area contributed by atoms with Gasteiger partial charge in [-0.1, -0.05) is 194 Å². The first-order valence-electron chi connectivity index (χ1n) is 24.8. The molecule has 0 spiro atoms. The SMILES string of the molecule is c1ccc(-n2c3ccccc3c3cc4c5ccccc5n(-c5ccc6c(c5)Oc5c(-c7cccc([Si](c8ccccc8)(c8ccccc8)c8ccccc8)c7)ccc7c5B6c5ccccc5O7)c4cc32)cc1. The molecule has 336 valence electrons. The van der Waals surface area contributed by atoms with E-state index in [1.54, 1.807) is 0 Å². The van der Waals surface area contributed by atoms with Gasteiger partial charge in [0.25, 0.3) is 6.71 Å². The van der Waals surface area contributed by atoms with E-state index in [4.69, 9.17) is 9.47 Å². The van der Waals surface area contributed by atoms with Gasteiger partial charge in [-0.05, 0) is 97.9 Å². The van der Waals surface area contributed by atoms with Crippen LogP contribution < -0.4 is 46.6 Å². The molecule has 0 radical (unpaired) electrons. The van der Waals surface area contributed by atoms with Crippen LogP contribution in [0.5, 0.6) is 23.0 Å².